The largest absolute Gasteiger partial charge is 0.197 e. The average molecular weight is 330 g/mol. The van der Waals surface area contributed by atoms with Gasteiger partial charge in [-0.15, -0.1) is 0 Å². The lowest BCUT2D eigenvalue weighted by Gasteiger charge is -2.39. The lowest BCUT2D eigenvalue weighted by molar-refractivity contribution is 0.223. The summed E-state index contributed by atoms with van der Waals surface area (Å²) in [5.74, 6) is 1.78. The van der Waals surface area contributed by atoms with Crippen LogP contribution in [0.15, 0.2) is 11.6 Å². The molecule has 0 radical (unpaired) electrons. The summed E-state index contributed by atoms with van der Waals surface area (Å²) in [6.45, 7) is 4.58. The molecule has 0 aromatic rings. The van der Waals surface area contributed by atoms with Gasteiger partial charge in [-0.3, -0.25) is 0 Å². The Morgan fingerprint density at radius 1 is 0.958 bits per heavy atom. The number of hydrogen-bond acceptors (Lipinski definition) is 1. The highest BCUT2D eigenvalue weighted by Crippen LogP contribution is 2.48. The summed E-state index contributed by atoms with van der Waals surface area (Å²) in [5.41, 5.74) is 1.43. The normalized spacial score (nSPS) is 30.6. The van der Waals surface area contributed by atoms with Crippen molar-refractivity contribution in [2.75, 3.05) is 0 Å². The van der Waals surface area contributed by atoms with Gasteiger partial charge in [0.25, 0.3) is 0 Å². The second-order valence-corrected chi connectivity index (χ2v) is 8.50. The first-order chi connectivity index (χ1) is 11.7. The van der Waals surface area contributed by atoms with E-state index < -0.39 is 0 Å². The van der Waals surface area contributed by atoms with E-state index in [2.05, 4.69) is 26.0 Å². The average Bonchev–Trinajstić information content (AvgIpc) is 2.63. The molecule has 24 heavy (non-hydrogen) atoms. The van der Waals surface area contributed by atoms with Crippen molar-refractivity contribution in [1.82, 2.24) is 0 Å². The third kappa shape index (κ3) is 5.37. The first-order valence-corrected chi connectivity index (χ1v) is 10.8. The molecule has 0 aromatic heterocycles. The van der Waals surface area contributed by atoms with E-state index in [0.717, 1.165) is 24.7 Å². The minimum absolute atomic E-state index is 0.0870. The van der Waals surface area contributed by atoms with Crippen LogP contribution in [-0.2, 0) is 0 Å². The Morgan fingerprint density at radius 2 is 1.71 bits per heavy atom. The van der Waals surface area contributed by atoms with Gasteiger partial charge in [0.15, 0.2) is 0 Å². The van der Waals surface area contributed by atoms with Crippen LogP contribution in [0.3, 0.4) is 0 Å². The van der Waals surface area contributed by atoms with E-state index in [-0.39, 0.29) is 5.41 Å². The minimum Gasteiger partial charge on any atom is -0.197 e. The molecule has 0 aliphatic heterocycles. The fraction of sp³-hybridized carbons (Fsp3) is 0.870. The van der Waals surface area contributed by atoms with Crippen LogP contribution in [0.2, 0.25) is 0 Å². The van der Waals surface area contributed by atoms with Crippen molar-refractivity contribution in [3.8, 4) is 6.07 Å². The molecule has 0 N–H and O–H groups in total. The molecule has 2 aliphatic rings. The van der Waals surface area contributed by atoms with Gasteiger partial charge in [-0.2, -0.15) is 5.26 Å². The summed E-state index contributed by atoms with van der Waals surface area (Å²) in [7, 11) is 0. The number of hydrogen-bond donors (Lipinski definition) is 0. The number of nitrogens with zero attached hydrogens (tertiary/aromatic N) is 1. The SMILES string of the molecule is CCCCCCC[C@H]1CC=C(C2(C#N)CCC(CCC)CC2)CC1. The van der Waals surface area contributed by atoms with E-state index in [9.17, 15) is 5.26 Å². The summed E-state index contributed by atoms with van der Waals surface area (Å²) >= 11 is 0. The quantitative estimate of drug-likeness (QED) is 0.316. The first kappa shape index (κ1) is 19.6. The summed E-state index contributed by atoms with van der Waals surface area (Å²) in [6.07, 6.45) is 22.1. The maximum absolute atomic E-state index is 9.91. The summed E-state index contributed by atoms with van der Waals surface area (Å²) in [6, 6.07) is 2.76. The lowest BCUT2D eigenvalue weighted by atomic mass is 9.64. The summed E-state index contributed by atoms with van der Waals surface area (Å²) in [4.78, 5) is 0. The molecule has 1 nitrogen and oxygen atoms in total. The van der Waals surface area contributed by atoms with Gasteiger partial charge in [0.05, 0.1) is 11.5 Å². The van der Waals surface area contributed by atoms with E-state index >= 15 is 0 Å². The predicted octanol–water partition coefficient (Wildman–Crippen LogP) is 7.57. The van der Waals surface area contributed by atoms with Gasteiger partial charge in [0.2, 0.25) is 0 Å². The van der Waals surface area contributed by atoms with Gasteiger partial charge < -0.3 is 0 Å². The first-order valence-electron chi connectivity index (χ1n) is 10.8. The minimum atomic E-state index is -0.0870. The molecule has 1 fully saturated rings. The topological polar surface area (TPSA) is 23.8 Å². The number of allylic oxidation sites excluding steroid dienone is 2. The van der Waals surface area contributed by atoms with Crippen LogP contribution in [0.1, 0.15) is 110 Å². The second-order valence-electron chi connectivity index (χ2n) is 8.50. The third-order valence-electron chi connectivity index (χ3n) is 6.72. The Labute approximate surface area is 150 Å². The van der Waals surface area contributed by atoms with Gasteiger partial charge in [-0.05, 0) is 56.8 Å². The Morgan fingerprint density at radius 3 is 2.29 bits per heavy atom. The molecule has 2 aliphatic carbocycles. The molecule has 0 unspecified atom stereocenters. The number of rotatable bonds is 9. The van der Waals surface area contributed by atoms with E-state index in [0.29, 0.717) is 0 Å². The number of nitriles is 1. The molecule has 0 heterocycles. The maximum atomic E-state index is 9.91. The van der Waals surface area contributed by atoms with Crippen LogP contribution in [0.5, 0.6) is 0 Å². The number of unbranched alkanes of at least 4 members (excludes halogenated alkanes) is 4. The fourth-order valence-electron chi connectivity index (χ4n) is 4.99. The van der Waals surface area contributed by atoms with Gasteiger partial charge in [0, 0.05) is 0 Å². The van der Waals surface area contributed by atoms with Crippen LogP contribution < -0.4 is 0 Å². The molecular weight excluding hydrogens is 290 g/mol. The summed E-state index contributed by atoms with van der Waals surface area (Å²) < 4.78 is 0. The molecule has 0 aromatic carbocycles. The molecule has 0 spiro atoms. The monoisotopic (exact) mass is 329 g/mol. The highest BCUT2D eigenvalue weighted by atomic mass is 14.4. The van der Waals surface area contributed by atoms with Gasteiger partial charge >= 0.3 is 0 Å². The highest BCUT2D eigenvalue weighted by molar-refractivity contribution is 5.26. The molecule has 1 atom stereocenters. The summed E-state index contributed by atoms with van der Waals surface area (Å²) in [5, 5.41) is 9.91. The van der Waals surface area contributed by atoms with Gasteiger partial charge in [-0.25, -0.2) is 0 Å². The highest BCUT2D eigenvalue weighted by Gasteiger charge is 2.39. The van der Waals surface area contributed by atoms with Gasteiger partial charge in [0.1, 0.15) is 0 Å². The predicted molar refractivity (Wildman–Crippen MR) is 104 cm³/mol. The van der Waals surface area contributed by atoms with E-state index in [4.69, 9.17) is 0 Å². The van der Waals surface area contributed by atoms with Crippen LogP contribution in [0, 0.1) is 28.6 Å². The lowest BCUT2D eigenvalue weighted by Crippen LogP contribution is -2.29. The van der Waals surface area contributed by atoms with Crippen molar-refractivity contribution in [3.63, 3.8) is 0 Å². The van der Waals surface area contributed by atoms with Gasteiger partial charge in [-0.1, -0.05) is 76.9 Å². The molecule has 136 valence electrons. The Hall–Kier alpha value is -0.770. The molecule has 2 rings (SSSR count). The van der Waals surface area contributed by atoms with Crippen molar-refractivity contribution in [3.05, 3.63) is 11.6 Å². The van der Waals surface area contributed by atoms with Crippen molar-refractivity contribution < 1.29 is 0 Å². The van der Waals surface area contributed by atoms with Crippen LogP contribution >= 0.6 is 0 Å². The standard InChI is InChI=1S/C23H39N/c1-3-5-6-7-8-10-21-11-13-22(14-12-21)23(19-24)17-15-20(9-4-2)16-18-23/h13,20-21H,3-12,14-18H2,1-2H3/t20?,21-,23?/m0/s1. The Bertz CT molecular complexity index is 420. The molecule has 1 heteroatoms. The second kappa shape index (κ2) is 10.3. The zero-order valence-corrected chi connectivity index (χ0v) is 16.3. The third-order valence-corrected chi connectivity index (χ3v) is 6.72. The Balaban J connectivity index is 1.79. The smallest absolute Gasteiger partial charge is 0.0782 e. The van der Waals surface area contributed by atoms with E-state index in [1.807, 2.05) is 0 Å². The van der Waals surface area contributed by atoms with E-state index in [1.165, 1.54) is 89.0 Å². The van der Waals surface area contributed by atoms with Crippen molar-refractivity contribution >= 4 is 0 Å². The van der Waals surface area contributed by atoms with E-state index in [1.54, 1.807) is 0 Å². The van der Waals surface area contributed by atoms with Crippen molar-refractivity contribution in [1.29, 1.82) is 5.26 Å². The Kier molecular flexibility index (Phi) is 8.37. The van der Waals surface area contributed by atoms with Crippen LogP contribution in [0.4, 0.5) is 0 Å². The molecule has 0 amide bonds. The maximum Gasteiger partial charge on any atom is 0.0782 e. The fourth-order valence-corrected chi connectivity index (χ4v) is 4.99. The molecule has 0 saturated heterocycles. The molecule has 1 saturated carbocycles. The van der Waals surface area contributed by atoms with Crippen molar-refractivity contribution in [2.24, 2.45) is 17.3 Å². The zero-order chi connectivity index (χ0) is 17.3. The van der Waals surface area contributed by atoms with Crippen LogP contribution in [0.25, 0.3) is 0 Å². The molecular formula is C23H39N. The zero-order valence-electron chi connectivity index (χ0n) is 16.3. The van der Waals surface area contributed by atoms with Crippen molar-refractivity contribution in [2.45, 2.75) is 110 Å². The van der Waals surface area contributed by atoms with Crippen LogP contribution in [-0.4, -0.2) is 0 Å². The molecule has 0 bridgehead atoms.